The lowest BCUT2D eigenvalue weighted by Crippen LogP contribution is -2.36. The average Bonchev–Trinajstić information content (AvgIpc) is 2.91. The number of nitrogens with one attached hydrogen (secondary N) is 1. The molecule has 44 heavy (non-hydrogen) atoms. The Hall–Kier alpha value is -4.94. The summed E-state index contributed by atoms with van der Waals surface area (Å²) in [5.74, 6) is -8.43. The number of carboxylic acids is 3. The third kappa shape index (κ3) is 16.5. The molecule has 10 nitrogen and oxygen atoms in total. The molecule has 0 saturated heterocycles. The summed E-state index contributed by atoms with van der Waals surface area (Å²) in [4.78, 5) is 43.2. The number of pyridine rings is 1. The first-order valence-electron chi connectivity index (χ1n) is 11.4. The lowest BCUT2D eigenvalue weighted by atomic mass is 10.1. The van der Waals surface area contributed by atoms with E-state index in [4.69, 9.17) is 35.4 Å². The molecule has 3 aromatic rings. The Kier molecular flexibility index (Phi) is 15.3. The molecule has 0 fully saturated rings. The average molecular weight is 647 g/mol. The van der Waals surface area contributed by atoms with Gasteiger partial charge in [-0.2, -0.15) is 39.5 Å². The van der Waals surface area contributed by atoms with E-state index >= 15 is 0 Å². The maximum Gasteiger partial charge on any atom is 0.490 e. The van der Waals surface area contributed by atoms with Crippen LogP contribution < -0.4 is 11.1 Å². The SMILES string of the molecule is N[C@H](CCc1ccccc1)C(=O)Nc1ccc2ncccc2c1.O=C(O)C(F)(F)F.O=C(O)C(F)(F)F.O=C(O)C(F)(F)F. The highest BCUT2D eigenvalue weighted by Gasteiger charge is 2.39. The summed E-state index contributed by atoms with van der Waals surface area (Å²) < 4.78 is 95.2. The number of hydrogen-bond acceptors (Lipinski definition) is 6. The van der Waals surface area contributed by atoms with Crippen molar-refractivity contribution in [3.63, 3.8) is 0 Å². The van der Waals surface area contributed by atoms with Gasteiger partial charge in [-0.05, 0) is 42.7 Å². The molecule has 0 bridgehead atoms. The van der Waals surface area contributed by atoms with Crippen molar-refractivity contribution in [3.05, 3.63) is 72.4 Å². The maximum atomic E-state index is 12.2. The Morgan fingerprint density at radius 3 is 1.61 bits per heavy atom. The highest BCUT2D eigenvalue weighted by Crippen LogP contribution is 2.18. The molecule has 0 aliphatic heterocycles. The van der Waals surface area contributed by atoms with Crippen LogP contribution in [0, 0.1) is 0 Å². The number of anilines is 1. The summed E-state index contributed by atoms with van der Waals surface area (Å²) in [7, 11) is 0. The molecule has 0 aliphatic rings. The van der Waals surface area contributed by atoms with Crippen LogP contribution in [0.3, 0.4) is 0 Å². The second kappa shape index (κ2) is 17.2. The van der Waals surface area contributed by atoms with Gasteiger partial charge in [-0.1, -0.05) is 36.4 Å². The number of alkyl halides is 9. The van der Waals surface area contributed by atoms with Gasteiger partial charge in [0, 0.05) is 17.3 Å². The van der Waals surface area contributed by atoms with E-state index in [1.54, 1.807) is 6.20 Å². The zero-order valence-electron chi connectivity index (χ0n) is 21.7. The van der Waals surface area contributed by atoms with Crippen LogP contribution in [0.1, 0.15) is 12.0 Å². The molecule has 0 spiro atoms. The Balaban J connectivity index is 0.000000721. The minimum atomic E-state index is -5.08. The smallest absolute Gasteiger partial charge is 0.475 e. The Morgan fingerprint density at radius 1 is 0.727 bits per heavy atom. The Morgan fingerprint density at radius 2 is 1.18 bits per heavy atom. The summed E-state index contributed by atoms with van der Waals surface area (Å²) >= 11 is 0. The van der Waals surface area contributed by atoms with Crippen LogP contribution in [0.15, 0.2) is 66.9 Å². The topological polar surface area (TPSA) is 180 Å². The monoisotopic (exact) mass is 647 g/mol. The molecular formula is C25H22F9N3O7. The van der Waals surface area contributed by atoms with Crippen molar-refractivity contribution in [1.29, 1.82) is 0 Å². The molecule has 6 N–H and O–H groups in total. The number of halogens is 9. The van der Waals surface area contributed by atoms with Crippen LogP contribution >= 0.6 is 0 Å². The predicted octanol–water partition coefficient (Wildman–Crippen LogP) is 5.03. The highest BCUT2D eigenvalue weighted by molar-refractivity contribution is 5.96. The van der Waals surface area contributed by atoms with Crippen molar-refractivity contribution in [2.24, 2.45) is 5.73 Å². The molecule has 0 saturated carbocycles. The molecule has 1 atom stereocenters. The molecule has 0 unspecified atom stereocenters. The van der Waals surface area contributed by atoms with E-state index in [1.165, 1.54) is 5.56 Å². The number of aliphatic carboxylic acids is 3. The quantitative estimate of drug-likeness (QED) is 0.237. The van der Waals surface area contributed by atoms with Crippen molar-refractivity contribution in [2.75, 3.05) is 5.32 Å². The minimum absolute atomic E-state index is 0.163. The zero-order chi connectivity index (χ0) is 34.3. The van der Waals surface area contributed by atoms with Crippen LogP contribution in [0.5, 0.6) is 0 Å². The number of fused-ring (bicyclic) bond motifs is 1. The molecule has 19 heteroatoms. The second-order valence-electron chi connectivity index (χ2n) is 7.94. The minimum Gasteiger partial charge on any atom is -0.475 e. The molecule has 0 aliphatic carbocycles. The number of nitrogens with zero attached hydrogens (tertiary/aromatic N) is 1. The van der Waals surface area contributed by atoms with Crippen LogP contribution in [0.2, 0.25) is 0 Å². The molecule has 1 aromatic heterocycles. The number of amides is 1. The summed E-state index contributed by atoms with van der Waals surface area (Å²) in [6.07, 6.45) is -12.1. The summed E-state index contributed by atoms with van der Waals surface area (Å²) in [5, 5.41) is 25.2. The van der Waals surface area contributed by atoms with Crippen molar-refractivity contribution in [3.8, 4) is 0 Å². The number of benzene rings is 2. The van der Waals surface area contributed by atoms with Gasteiger partial charge in [0.05, 0.1) is 11.6 Å². The summed E-state index contributed by atoms with van der Waals surface area (Å²) in [5.41, 5.74) is 8.83. The van der Waals surface area contributed by atoms with Crippen molar-refractivity contribution < 1.29 is 74.0 Å². The molecule has 1 amide bonds. The van der Waals surface area contributed by atoms with Crippen LogP contribution in [0.25, 0.3) is 10.9 Å². The van der Waals surface area contributed by atoms with Gasteiger partial charge < -0.3 is 26.4 Å². The molecule has 3 rings (SSSR count). The van der Waals surface area contributed by atoms with E-state index in [0.717, 1.165) is 23.0 Å². The van der Waals surface area contributed by atoms with Crippen LogP contribution in [-0.2, 0) is 25.6 Å². The largest absolute Gasteiger partial charge is 0.490 e. The fraction of sp³-hybridized carbons (Fsp3) is 0.240. The van der Waals surface area contributed by atoms with Crippen molar-refractivity contribution in [1.82, 2.24) is 4.98 Å². The van der Waals surface area contributed by atoms with Gasteiger partial charge in [0.25, 0.3) is 0 Å². The summed E-state index contributed by atoms with van der Waals surface area (Å²) in [6.45, 7) is 0. The van der Waals surface area contributed by atoms with Gasteiger partial charge in [0.15, 0.2) is 0 Å². The number of aromatic nitrogens is 1. The normalized spacial score (nSPS) is 11.7. The van der Waals surface area contributed by atoms with Gasteiger partial charge in [-0.15, -0.1) is 0 Å². The first-order valence-corrected chi connectivity index (χ1v) is 11.4. The van der Waals surface area contributed by atoms with Crippen molar-refractivity contribution >= 4 is 40.4 Å². The van der Waals surface area contributed by atoms with E-state index in [2.05, 4.69) is 10.3 Å². The lowest BCUT2D eigenvalue weighted by molar-refractivity contribution is -0.193. The first kappa shape index (κ1) is 39.1. The predicted molar refractivity (Wildman–Crippen MR) is 134 cm³/mol. The van der Waals surface area contributed by atoms with Gasteiger partial charge in [-0.3, -0.25) is 9.78 Å². The fourth-order valence-electron chi connectivity index (χ4n) is 2.49. The lowest BCUT2D eigenvalue weighted by Gasteiger charge is -2.12. The third-order valence-electron chi connectivity index (χ3n) is 4.52. The van der Waals surface area contributed by atoms with Gasteiger partial charge in [0.1, 0.15) is 0 Å². The standard InChI is InChI=1S/C19H19N3O.3C2HF3O2/c20-17(10-8-14-5-2-1-3-6-14)19(23)22-16-9-11-18-15(13-16)7-4-12-21-18;3*3-2(4,5)1(6)7/h1-7,9,11-13,17H,8,10,20H2,(H,22,23);3*(H,6,7)/t17-;;;/m1.../s1. The number of aryl methyl sites for hydroxylation is 1. The van der Waals surface area contributed by atoms with Gasteiger partial charge in [-0.25, -0.2) is 14.4 Å². The van der Waals surface area contributed by atoms with Gasteiger partial charge >= 0.3 is 36.4 Å². The number of rotatable bonds is 5. The number of hydrogen-bond donors (Lipinski definition) is 5. The number of nitrogens with two attached hydrogens (primary N) is 1. The second-order valence-corrected chi connectivity index (χ2v) is 7.94. The first-order chi connectivity index (χ1) is 20.1. The van der Waals surface area contributed by atoms with E-state index < -0.39 is 42.5 Å². The molecule has 242 valence electrons. The van der Waals surface area contributed by atoms with E-state index in [9.17, 15) is 44.3 Å². The Labute approximate surface area is 240 Å². The number of carbonyl (C=O) groups is 4. The van der Waals surface area contributed by atoms with Crippen molar-refractivity contribution in [2.45, 2.75) is 37.4 Å². The Bertz CT molecular complexity index is 1320. The summed E-state index contributed by atoms with van der Waals surface area (Å²) in [6, 6.07) is 19.0. The maximum absolute atomic E-state index is 12.2. The van der Waals surface area contributed by atoms with E-state index in [1.807, 2.05) is 60.7 Å². The molecular weight excluding hydrogens is 625 g/mol. The number of carbonyl (C=O) groups excluding carboxylic acids is 1. The van der Waals surface area contributed by atoms with Crippen LogP contribution in [0.4, 0.5) is 45.2 Å². The number of carboxylic acid groups (broad SMARTS) is 3. The fourth-order valence-corrected chi connectivity index (χ4v) is 2.49. The van der Waals surface area contributed by atoms with E-state index in [0.29, 0.717) is 6.42 Å². The highest BCUT2D eigenvalue weighted by atomic mass is 19.4. The zero-order valence-corrected chi connectivity index (χ0v) is 21.7. The molecule has 2 aromatic carbocycles. The van der Waals surface area contributed by atoms with Gasteiger partial charge in [0.2, 0.25) is 5.91 Å². The molecule has 0 radical (unpaired) electrons. The van der Waals surface area contributed by atoms with E-state index in [-0.39, 0.29) is 5.91 Å². The van der Waals surface area contributed by atoms with Crippen LogP contribution in [-0.4, -0.2) is 68.7 Å². The molecule has 1 heterocycles. The third-order valence-corrected chi connectivity index (χ3v) is 4.52.